The van der Waals surface area contributed by atoms with Crippen LogP contribution in [0.25, 0.3) is 10.9 Å². The van der Waals surface area contributed by atoms with Gasteiger partial charge in [-0.15, -0.1) is 0 Å². The van der Waals surface area contributed by atoms with Crippen LogP contribution in [0.2, 0.25) is 0 Å². The third kappa shape index (κ3) is 2.60. The van der Waals surface area contributed by atoms with Crippen LogP contribution in [0.5, 0.6) is 0 Å². The first-order chi connectivity index (χ1) is 9.00. The molecule has 0 saturated heterocycles. The lowest BCUT2D eigenvalue weighted by molar-refractivity contribution is -0.375. The summed E-state index contributed by atoms with van der Waals surface area (Å²) < 4.78 is 1.63. The van der Waals surface area contributed by atoms with Crippen molar-refractivity contribution in [1.29, 1.82) is 0 Å². The molecule has 0 atom stereocenters. The number of carbonyl (C=O) groups excluding carboxylic acids is 1. The first-order valence-electron chi connectivity index (χ1n) is 5.79. The van der Waals surface area contributed by atoms with Gasteiger partial charge in [-0.1, -0.05) is 18.2 Å². The first kappa shape index (κ1) is 13.2. The van der Waals surface area contributed by atoms with Crippen molar-refractivity contribution in [2.24, 2.45) is 0 Å². The summed E-state index contributed by atoms with van der Waals surface area (Å²) in [4.78, 5) is 23.2. The van der Waals surface area contributed by atoms with E-state index in [0.717, 1.165) is 12.1 Å². The maximum absolute atomic E-state index is 11.5. The summed E-state index contributed by atoms with van der Waals surface area (Å²) in [6.07, 6.45) is 0. The molecule has 100 valence electrons. The molecule has 0 aliphatic carbocycles. The first-order valence-corrected chi connectivity index (χ1v) is 5.79. The van der Waals surface area contributed by atoms with E-state index in [1.807, 2.05) is 25.1 Å². The van der Waals surface area contributed by atoms with Crippen LogP contribution in [0.1, 0.15) is 10.5 Å². The summed E-state index contributed by atoms with van der Waals surface area (Å²) in [6.45, 7) is 1.30. The Morgan fingerprint density at radius 2 is 2.11 bits per heavy atom. The van der Waals surface area contributed by atoms with Gasteiger partial charge in [-0.05, 0) is 20.2 Å². The number of hydrogen-bond donors (Lipinski definition) is 0. The molecule has 1 aromatic heterocycles. The number of benzene rings is 1. The summed E-state index contributed by atoms with van der Waals surface area (Å²) in [7, 11) is 3.85. The number of amides is 1. The van der Waals surface area contributed by atoms with Crippen molar-refractivity contribution >= 4 is 16.8 Å². The van der Waals surface area contributed by atoms with Crippen molar-refractivity contribution < 1.29 is 9.72 Å². The second kappa shape index (κ2) is 5.15. The lowest BCUT2D eigenvalue weighted by Gasteiger charge is -2.09. The third-order valence-electron chi connectivity index (χ3n) is 2.79. The number of nitrogens with zero attached hydrogens (tertiary/aromatic N) is 4. The molecule has 0 N–H and O–H groups in total. The molecule has 1 aromatic carbocycles. The smallest absolute Gasteiger partial charge is 0.308 e. The SMILES string of the molecule is CN(C)CCn1nc(C(=O)[N+](=O)[O-])c2ccccc21. The van der Waals surface area contributed by atoms with E-state index >= 15 is 0 Å². The van der Waals surface area contributed by atoms with Gasteiger partial charge in [0, 0.05) is 11.9 Å². The van der Waals surface area contributed by atoms with Crippen molar-refractivity contribution in [2.45, 2.75) is 6.54 Å². The maximum atomic E-state index is 11.5. The Morgan fingerprint density at radius 3 is 2.74 bits per heavy atom. The normalized spacial score (nSPS) is 11.1. The summed E-state index contributed by atoms with van der Waals surface area (Å²) in [5.74, 6) is -1.17. The zero-order valence-electron chi connectivity index (χ0n) is 10.7. The Labute approximate surface area is 109 Å². The molecule has 2 aromatic rings. The predicted molar refractivity (Wildman–Crippen MR) is 69.6 cm³/mol. The molecule has 0 radical (unpaired) electrons. The number of aromatic nitrogens is 2. The van der Waals surface area contributed by atoms with E-state index in [-0.39, 0.29) is 5.69 Å². The second-order valence-corrected chi connectivity index (χ2v) is 4.45. The van der Waals surface area contributed by atoms with Gasteiger partial charge in [-0.3, -0.25) is 14.8 Å². The van der Waals surface area contributed by atoms with E-state index in [1.54, 1.807) is 22.9 Å². The molecule has 0 fully saturated rings. The van der Waals surface area contributed by atoms with Crippen molar-refractivity contribution in [3.8, 4) is 0 Å². The average Bonchev–Trinajstić information content (AvgIpc) is 2.74. The van der Waals surface area contributed by atoms with E-state index in [0.29, 0.717) is 11.9 Å². The van der Waals surface area contributed by atoms with Crippen LogP contribution in [0, 0.1) is 10.1 Å². The van der Waals surface area contributed by atoms with Gasteiger partial charge in [0.05, 0.1) is 12.1 Å². The lowest BCUT2D eigenvalue weighted by atomic mass is 10.2. The van der Waals surface area contributed by atoms with Gasteiger partial charge in [-0.2, -0.15) is 5.10 Å². The van der Waals surface area contributed by atoms with Crippen molar-refractivity contribution in [3.63, 3.8) is 0 Å². The molecule has 2 rings (SSSR count). The van der Waals surface area contributed by atoms with Crippen LogP contribution >= 0.6 is 0 Å². The quantitative estimate of drug-likeness (QED) is 0.607. The van der Waals surface area contributed by atoms with E-state index < -0.39 is 10.8 Å². The maximum Gasteiger partial charge on any atom is 0.497 e. The van der Waals surface area contributed by atoms with Gasteiger partial charge >= 0.3 is 5.91 Å². The molecule has 0 bridgehead atoms. The van der Waals surface area contributed by atoms with Gasteiger partial charge in [0.1, 0.15) is 4.92 Å². The Morgan fingerprint density at radius 1 is 1.42 bits per heavy atom. The van der Waals surface area contributed by atoms with Crippen molar-refractivity contribution in [2.75, 3.05) is 20.6 Å². The Kier molecular flexibility index (Phi) is 3.57. The van der Waals surface area contributed by atoms with E-state index in [4.69, 9.17) is 0 Å². The van der Waals surface area contributed by atoms with Crippen LogP contribution in [0.15, 0.2) is 24.3 Å². The number of likely N-dealkylation sites (N-methyl/N-ethyl adjacent to an activating group) is 1. The Hall–Kier alpha value is -2.28. The number of para-hydroxylation sites is 1. The minimum absolute atomic E-state index is 0.0978. The summed E-state index contributed by atoms with van der Waals surface area (Å²) in [5, 5.41) is 15.2. The Bertz CT molecular complexity index is 633. The standard InChI is InChI=1S/C12H14N4O3/c1-14(2)7-8-15-10-6-4-3-5-9(10)11(13-15)12(17)16(18)19/h3-6H,7-8H2,1-2H3. The van der Waals surface area contributed by atoms with Crippen LogP contribution in [0.4, 0.5) is 0 Å². The molecule has 0 aliphatic heterocycles. The average molecular weight is 262 g/mol. The number of carbonyl (C=O) groups is 1. The van der Waals surface area contributed by atoms with Crippen LogP contribution < -0.4 is 0 Å². The largest absolute Gasteiger partial charge is 0.497 e. The van der Waals surface area contributed by atoms with Crippen molar-refractivity contribution in [1.82, 2.24) is 14.7 Å². The molecular weight excluding hydrogens is 248 g/mol. The molecule has 0 unspecified atom stereocenters. The highest BCUT2D eigenvalue weighted by Gasteiger charge is 2.26. The van der Waals surface area contributed by atoms with Gasteiger partial charge in [-0.25, -0.2) is 4.79 Å². The Balaban J connectivity index is 2.48. The fraction of sp³-hybridized carbons (Fsp3) is 0.333. The molecular formula is C12H14N4O3. The second-order valence-electron chi connectivity index (χ2n) is 4.45. The minimum atomic E-state index is -1.17. The fourth-order valence-corrected chi connectivity index (χ4v) is 1.84. The van der Waals surface area contributed by atoms with Gasteiger partial charge < -0.3 is 4.90 Å². The number of fused-ring (bicyclic) bond motifs is 1. The van der Waals surface area contributed by atoms with Gasteiger partial charge in [0.25, 0.3) is 0 Å². The summed E-state index contributed by atoms with van der Waals surface area (Å²) >= 11 is 0. The number of nitro groups is 1. The zero-order valence-corrected chi connectivity index (χ0v) is 10.7. The van der Waals surface area contributed by atoms with Gasteiger partial charge in [0.15, 0.2) is 0 Å². The summed E-state index contributed by atoms with van der Waals surface area (Å²) in [6, 6.07) is 7.02. The van der Waals surface area contributed by atoms with Crippen LogP contribution in [-0.2, 0) is 6.54 Å². The van der Waals surface area contributed by atoms with E-state index in [2.05, 4.69) is 5.10 Å². The fourth-order valence-electron chi connectivity index (χ4n) is 1.84. The van der Waals surface area contributed by atoms with E-state index in [1.165, 1.54) is 0 Å². The molecule has 0 aliphatic rings. The highest BCUT2D eigenvalue weighted by Crippen LogP contribution is 2.19. The highest BCUT2D eigenvalue weighted by molar-refractivity contribution is 6.01. The molecule has 7 heteroatoms. The molecule has 0 spiro atoms. The van der Waals surface area contributed by atoms with E-state index in [9.17, 15) is 14.9 Å². The zero-order chi connectivity index (χ0) is 14.0. The monoisotopic (exact) mass is 262 g/mol. The molecule has 7 nitrogen and oxygen atoms in total. The third-order valence-corrected chi connectivity index (χ3v) is 2.79. The topological polar surface area (TPSA) is 81.3 Å². The molecule has 0 saturated carbocycles. The van der Waals surface area contributed by atoms with Crippen LogP contribution in [0.3, 0.4) is 0 Å². The van der Waals surface area contributed by atoms with Gasteiger partial charge in [0.2, 0.25) is 5.69 Å². The summed E-state index contributed by atoms with van der Waals surface area (Å²) in [5.41, 5.74) is 0.633. The molecule has 1 amide bonds. The highest BCUT2D eigenvalue weighted by atomic mass is 16.6. The number of hydrogen-bond acceptors (Lipinski definition) is 5. The lowest BCUT2D eigenvalue weighted by Crippen LogP contribution is -2.19. The van der Waals surface area contributed by atoms with Crippen molar-refractivity contribution in [3.05, 3.63) is 40.1 Å². The predicted octanol–water partition coefficient (Wildman–Crippen LogP) is 1.01. The molecule has 1 heterocycles. The minimum Gasteiger partial charge on any atom is -0.308 e. The van der Waals surface area contributed by atoms with Crippen LogP contribution in [-0.4, -0.2) is 46.2 Å². The molecule has 19 heavy (non-hydrogen) atoms. The number of rotatable bonds is 4.